The van der Waals surface area contributed by atoms with Crippen molar-refractivity contribution in [1.82, 2.24) is 0 Å². The normalized spacial score (nSPS) is 16.8. The van der Waals surface area contributed by atoms with E-state index in [1.165, 1.54) is 4.57 Å². The molecule has 0 saturated heterocycles. The first-order valence-corrected chi connectivity index (χ1v) is 6.98. The maximum atomic E-state index is 12.1. The van der Waals surface area contributed by atoms with Crippen molar-refractivity contribution >= 4 is 40.5 Å². The van der Waals surface area contributed by atoms with Crippen LogP contribution in [-0.4, -0.2) is 11.6 Å². The molecular weight excluding hydrogens is 313 g/mol. The molecule has 0 unspecified atom stereocenters. The van der Waals surface area contributed by atoms with Crippen molar-refractivity contribution in [3.63, 3.8) is 0 Å². The van der Waals surface area contributed by atoms with Crippen LogP contribution in [0.1, 0.15) is 26.3 Å². The Balaban J connectivity index is 2.56. The van der Waals surface area contributed by atoms with Gasteiger partial charge >= 0.3 is 0 Å². The molecule has 0 bridgehead atoms. The number of hydrogen-bond donors (Lipinski definition) is 0. The SMILES string of the molecule is CC(C)(C)c1cc[n+](C2=C([O-])C(Cl)=C(Cl)C(=O)C2=O)cc1. The zero-order valence-electron chi connectivity index (χ0n) is 11.7. The average Bonchev–Trinajstić information content (AvgIpc) is 2.43. The Hall–Kier alpha value is -1.65. The summed E-state index contributed by atoms with van der Waals surface area (Å²) in [4.78, 5) is 23.6. The molecular formula is C15H13Cl2NO3. The molecule has 1 aliphatic carbocycles. The molecule has 1 heterocycles. The van der Waals surface area contributed by atoms with E-state index < -0.39 is 27.4 Å². The molecule has 0 aromatic carbocycles. The Morgan fingerprint density at radius 1 is 1.00 bits per heavy atom. The van der Waals surface area contributed by atoms with Gasteiger partial charge in [0.2, 0.25) is 0 Å². The molecule has 0 saturated carbocycles. The maximum absolute atomic E-state index is 12.1. The third kappa shape index (κ3) is 2.74. The lowest BCUT2D eigenvalue weighted by atomic mass is 9.88. The van der Waals surface area contributed by atoms with Gasteiger partial charge in [0, 0.05) is 12.1 Å². The van der Waals surface area contributed by atoms with Crippen molar-refractivity contribution in [1.29, 1.82) is 0 Å². The van der Waals surface area contributed by atoms with Crippen LogP contribution in [0.25, 0.3) is 5.70 Å². The molecule has 0 atom stereocenters. The number of hydrogen-bond acceptors (Lipinski definition) is 3. The molecule has 21 heavy (non-hydrogen) atoms. The predicted octanol–water partition coefficient (Wildman–Crippen LogP) is 1.64. The van der Waals surface area contributed by atoms with Gasteiger partial charge in [0.1, 0.15) is 5.03 Å². The number of nitrogens with zero attached hydrogens (tertiary/aromatic N) is 1. The van der Waals surface area contributed by atoms with Gasteiger partial charge in [0.05, 0.1) is 5.03 Å². The topological polar surface area (TPSA) is 61.1 Å². The smallest absolute Gasteiger partial charge is 0.297 e. The summed E-state index contributed by atoms with van der Waals surface area (Å²) in [7, 11) is 0. The van der Waals surface area contributed by atoms with E-state index >= 15 is 0 Å². The number of Topliss-reactive ketones (excluding diaryl/α,β-unsaturated/α-hetero) is 2. The van der Waals surface area contributed by atoms with Crippen molar-refractivity contribution in [2.45, 2.75) is 26.2 Å². The Bertz CT molecular complexity index is 695. The van der Waals surface area contributed by atoms with E-state index in [2.05, 4.69) is 0 Å². The molecule has 0 spiro atoms. The lowest BCUT2D eigenvalue weighted by Gasteiger charge is -2.20. The van der Waals surface area contributed by atoms with Crippen molar-refractivity contribution in [2.24, 2.45) is 0 Å². The molecule has 0 fully saturated rings. The van der Waals surface area contributed by atoms with E-state index in [4.69, 9.17) is 23.2 Å². The van der Waals surface area contributed by atoms with Crippen LogP contribution in [-0.2, 0) is 15.0 Å². The van der Waals surface area contributed by atoms with Crippen molar-refractivity contribution in [3.8, 4) is 0 Å². The molecule has 6 heteroatoms. The molecule has 0 radical (unpaired) electrons. The number of allylic oxidation sites excluding steroid dienone is 3. The second-order valence-corrected chi connectivity index (χ2v) is 6.46. The fourth-order valence-electron chi connectivity index (χ4n) is 1.92. The fraction of sp³-hybridized carbons (Fsp3) is 0.267. The summed E-state index contributed by atoms with van der Waals surface area (Å²) < 4.78 is 1.30. The van der Waals surface area contributed by atoms with Crippen LogP contribution >= 0.6 is 23.2 Å². The van der Waals surface area contributed by atoms with E-state index in [0.717, 1.165) is 5.56 Å². The Morgan fingerprint density at radius 3 is 2.00 bits per heavy atom. The summed E-state index contributed by atoms with van der Waals surface area (Å²) in [6.45, 7) is 6.12. The Labute approximate surface area is 132 Å². The minimum Gasteiger partial charge on any atom is -0.867 e. The summed E-state index contributed by atoms with van der Waals surface area (Å²) in [6, 6.07) is 3.57. The fourth-order valence-corrected chi connectivity index (χ4v) is 2.27. The standard InChI is InChI=1S/C15H13Cl2NO3/c1-15(2,3)8-4-6-18(7-5-8)11-12(19)9(16)10(17)13(20)14(11)21/h4-7H,1-3H3. The van der Waals surface area contributed by atoms with Gasteiger partial charge in [-0.05, 0) is 16.7 Å². The first kappa shape index (κ1) is 15.7. The zero-order chi connectivity index (χ0) is 15.9. The van der Waals surface area contributed by atoms with Crippen molar-refractivity contribution < 1.29 is 19.3 Å². The summed E-state index contributed by atoms with van der Waals surface area (Å²) in [6.07, 6.45) is 3.12. The highest BCUT2D eigenvalue weighted by Crippen LogP contribution is 2.28. The van der Waals surface area contributed by atoms with Crippen molar-refractivity contribution in [2.75, 3.05) is 0 Å². The summed E-state index contributed by atoms with van der Waals surface area (Å²) >= 11 is 11.3. The maximum Gasteiger partial charge on any atom is 0.297 e. The van der Waals surface area contributed by atoms with E-state index in [1.54, 1.807) is 24.5 Å². The van der Waals surface area contributed by atoms with Gasteiger partial charge in [0.25, 0.3) is 17.3 Å². The van der Waals surface area contributed by atoms with Gasteiger partial charge in [-0.15, -0.1) is 0 Å². The molecule has 2 rings (SSSR count). The third-order valence-electron chi connectivity index (χ3n) is 3.18. The Kier molecular flexibility index (Phi) is 3.95. The van der Waals surface area contributed by atoms with Gasteiger partial charge in [-0.25, -0.2) is 0 Å². The molecule has 0 aliphatic heterocycles. The first-order valence-electron chi connectivity index (χ1n) is 6.22. The van der Waals surface area contributed by atoms with Gasteiger partial charge < -0.3 is 5.11 Å². The van der Waals surface area contributed by atoms with Crippen molar-refractivity contribution in [3.05, 3.63) is 45.9 Å². The van der Waals surface area contributed by atoms with Gasteiger partial charge in [-0.2, -0.15) is 4.57 Å². The molecule has 1 aromatic heterocycles. The van der Waals surface area contributed by atoms with Crippen LogP contribution in [0.5, 0.6) is 0 Å². The molecule has 1 aliphatic rings. The largest absolute Gasteiger partial charge is 0.867 e. The highest BCUT2D eigenvalue weighted by Gasteiger charge is 2.36. The number of carbonyl (C=O) groups excluding carboxylic acids is 2. The second kappa shape index (κ2) is 5.28. The molecule has 110 valence electrons. The number of pyridine rings is 1. The summed E-state index contributed by atoms with van der Waals surface area (Å²) in [5.41, 5.74) is 0.650. The number of aromatic nitrogens is 1. The van der Waals surface area contributed by atoms with E-state index in [1.807, 2.05) is 20.8 Å². The van der Waals surface area contributed by atoms with Crippen LogP contribution in [0.4, 0.5) is 0 Å². The summed E-state index contributed by atoms with van der Waals surface area (Å²) in [5, 5.41) is 11.1. The lowest BCUT2D eigenvalue weighted by molar-refractivity contribution is -0.582. The number of ketones is 2. The monoisotopic (exact) mass is 325 g/mol. The van der Waals surface area contributed by atoms with E-state index in [9.17, 15) is 14.7 Å². The van der Waals surface area contributed by atoms with Crippen LogP contribution in [0.2, 0.25) is 0 Å². The molecule has 4 nitrogen and oxygen atoms in total. The minimum atomic E-state index is -0.969. The van der Waals surface area contributed by atoms with Gasteiger partial charge in [0.15, 0.2) is 12.4 Å². The highest BCUT2D eigenvalue weighted by molar-refractivity contribution is 6.68. The van der Waals surface area contributed by atoms with Crippen LogP contribution in [0.3, 0.4) is 0 Å². The van der Waals surface area contributed by atoms with Crippen LogP contribution in [0.15, 0.2) is 40.4 Å². The quantitative estimate of drug-likeness (QED) is 0.448. The number of rotatable bonds is 1. The third-order valence-corrected chi connectivity index (χ3v) is 4.00. The second-order valence-electron chi connectivity index (χ2n) is 5.71. The van der Waals surface area contributed by atoms with E-state index in [-0.39, 0.29) is 11.1 Å². The van der Waals surface area contributed by atoms with Gasteiger partial charge in [-0.3, -0.25) is 9.59 Å². The number of carbonyl (C=O) groups is 2. The molecule has 0 amide bonds. The Morgan fingerprint density at radius 2 is 1.52 bits per heavy atom. The minimum absolute atomic E-state index is 0.0684. The van der Waals surface area contributed by atoms with Crippen LogP contribution in [0, 0.1) is 0 Å². The summed E-state index contributed by atoms with van der Waals surface area (Å²) in [5.74, 6) is -2.67. The lowest BCUT2D eigenvalue weighted by Crippen LogP contribution is -2.43. The van der Waals surface area contributed by atoms with Crippen LogP contribution < -0.4 is 9.67 Å². The van der Waals surface area contributed by atoms with E-state index in [0.29, 0.717) is 0 Å². The number of halogens is 2. The highest BCUT2D eigenvalue weighted by atomic mass is 35.5. The van der Waals surface area contributed by atoms with Gasteiger partial charge in [-0.1, -0.05) is 44.0 Å². The molecule has 1 aromatic rings. The molecule has 0 N–H and O–H groups in total. The average molecular weight is 326 g/mol. The predicted molar refractivity (Wildman–Crippen MR) is 77.3 cm³/mol. The zero-order valence-corrected chi connectivity index (χ0v) is 13.2. The first-order chi connectivity index (χ1) is 9.64.